The van der Waals surface area contributed by atoms with Crippen molar-refractivity contribution in [2.45, 2.75) is 45.6 Å². The van der Waals surface area contributed by atoms with Gasteiger partial charge in [0.15, 0.2) is 5.82 Å². The summed E-state index contributed by atoms with van der Waals surface area (Å²) in [6.07, 6.45) is 6.52. The Morgan fingerprint density at radius 1 is 1.15 bits per heavy atom. The summed E-state index contributed by atoms with van der Waals surface area (Å²) in [5, 5.41) is 3.12. The van der Waals surface area contributed by atoms with E-state index >= 15 is 0 Å². The van der Waals surface area contributed by atoms with Crippen molar-refractivity contribution in [1.29, 1.82) is 0 Å². The van der Waals surface area contributed by atoms with Crippen molar-refractivity contribution >= 4 is 11.6 Å². The van der Waals surface area contributed by atoms with Gasteiger partial charge in [0.25, 0.3) is 0 Å². The zero-order valence-corrected chi connectivity index (χ0v) is 12.7. The lowest BCUT2D eigenvalue weighted by Gasteiger charge is -2.26. The number of nitrogens with one attached hydrogen (secondary N) is 1. The second kappa shape index (κ2) is 8.04. The van der Waals surface area contributed by atoms with Gasteiger partial charge in [-0.15, -0.1) is 0 Å². The molecule has 20 heavy (non-hydrogen) atoms. The summed E-state index contributed by atoms with van der Waals surface area (Å²) in [4.78, 5) is 11.5. The van der Waals surface area contributed by atoms with Crippen LogP contribution < -0.4 is 10.2 Å². The molecule has 5 heteroatoms. The maximum Gasteiger partial charge on any atom is 0.158 e. The molecule has 1 aromatic rings. The van der Waals surface area contributed by atoms with E-state index in [1.165, 1.54) is 32.1 Å². The summed E-state index contributed by atoms with van der Waals surface area (Å²) >= 11 is 0. The number of rotatable bonds is 5. The number of aromatic nitrogens is 2. The molecule has 0 spiro atoms. The highest BCUT2D eigenvalue weighted by Crippen LogP contribution is 2.20. The van der Waals surface area contributed by atoms with E-state index in [-0.39, 0.29) is 0 Å². The van der Waals surface area contributed by atoms with Crippen molar-refractivity contribution in [3.05, 3.63) is 11.9 Å². The minimum Gasteiger partial charge on any atom is -0.374 e. The standard InChI is InChI=1S/C15H26N4O/c1-3-20-12-14-17-13(16-2)11-15(18-14)19-9-7-5-4-6-8-10-19/h11H,3-10,12H2,1-2H3,(H,16,17,18). The van der Waals surface area contributed by atoms with E-state index in [9.17, 15) is 0 Å². The number of hydrogen-bond donors (Lipinski definition) is 1. The molecule has 1 aliphatic rings. The molecule has 2 heterocycles. The summed E-state index contributed by atoms with van der Waals surface area (Å²) in [7, 11) is 1.89. The maximum absolute atomic E-state index is 5.43. The Morgan fingerprint density at radius 2 is 1.85 bits per heavy atom. The predicted molar refractivity (Wildman–Crippen MR) is 82.2 cm³/mol. The first-order valence-electron chi connectivity index (χ1n) is 7.72. The van der Waals surface area contributed by atoms with Crippen LogP contribution in [0.5, 0.6) is 0 Å². The van der Waals surface area contributed by atoms with E-state index in [0.29, 0.717) is 13.2 Å². The molecule has 1 aromatic heterocycles. The normalized spacial score (nSPS) is 16.6. The van der Waals surface area contributed by atoms with Crippen LogP contribution in [0.1, 0.15) is 44.9 Å². The fourth-order valence-corrected chi connectivity index (χ4v) is 2.51. The van der Waals surface area contributed by atoms with Gasteiger partial charge in [0, 0.05) is 32.8 Å². The average Bonchev–Trinajstić information content (AvgIpc) is 2.44. The van der Waals surface area contributed by atoms with E-state index in [1.54, 1.807) is 0 Å². The van der Waals surface area contributed by atoms with Crippen molar-refractivity contribution < 1.29 is 4.74 Å². The van der Waals surface area contributed by atoms with Crippen LogP contribution in [0.25, 0.3) is 0 Å². The summed E-state index contributed by atoms with van der Waals surface area (Å²) in [5.41, 5.74) is 0. The summed E-state index contributed by atoms with van der Waals surface area (Å²) < 4.78 is 5.43. The lowest BCUT2D eigenvalue weighted by Crippen LogP contribution is -2.28. The molecule has 1 saturated heterocycles. The number of hydrogen-bond acceptors (Lipinski definition) is 5. The van der Waals surface area contributed by atoms with E-state index in [1.807, 2.05) is 20.0 Å². The molecule has 1 fully saturated rings. The molecule has 0 unspecified atom stereocenters. The number of ether oxygens (including phenoxy) is 1. The van der Waals surface area contributed by atoms with Crippen molar-refractivity contribution in [2.75, 3.05) is 37.0 Å². The molecule has 112 valence electrons. The minimum atomic E-state index is 0.479. The number of anilines is 2. The smallest absolute Gasteiger partial charge is 0.158 e. The van der Waals surface area contributed by atoms with Gasteiger partial charge in [0.2, 0.25) is 0 Å². The van der Waals surface area contributed by atoms with Gasteiger partial charge >= 0.3 is 0 Å². The monoisotopic (exact) mass is 278 g/mol. The molecule has 1 aliphatic heterocycles. The zero-order valence-electron chi connectivity index (χ0n) is 12.7. The average molecular weight is 278 g/mol. The van der Waals surface area contributed by atoms with Crippen LogP contribution in [0, 0.1) is 0 Å². The van der Waals surface area contributed by atoms with Crippen LogP contribution in [0.3, 0.4) is 0 Å². The van der Waals surface area contributed by atoms with Crippen LogP contribution in [0.4, 0.5) is 11.6 Å². The highest BCUT2D eigenvalue weighted by atomic mass is 16.5. The quantitative estimate of drug-likeness (QED) is 0.897. The Bertz CT molecular complexity index is 403. The van der Waals surface area contributed by atoms with Crippen molar-refractivity contribution in [1.82, 2.24) is 9.97 Å². The van der Waals surface area contributed by atoms with Gasteiger partial charge in [-0.25, -0.2) is 9.97 Å². The van der Waals surface area contributed by atoms with Gasteiger partial charge in [-0.3, -0.25) is 0 Å². The molecule has 0 amide bonds. The molecule has 0 atom stereocenters. The SMILES string of the molecule is CCOCc1nc(NC)cc(N2CCCCCCC2)n1. The zero-order chi connectivity index (χ0) is 14.2. The second-order valence-corrected chi connectivity index (χ2v) is 5.17. The van der Waals surface area contributed by atoms with Gasteiger partial charge in [-0.1, -0.05) is 19.3 Å². The Balaban J connectivity index is 2.14. The van der Waals surface area contributed by atoms with Gasteiger partial charge < -0.3 is 15.0 Å². The van der Waals surface area contributed by atoms with E-state index in [4.69, 9.17) is 4.74 Å². The van der Waals surface area contributed by atoms with Crippen LogP contribution in [0.2, 0.25) is 0 Å². The highest BCUT2D eigenvalue weighted by molar-refractivity contribution is 5.49. The first kappa shape index (κ1) is 15.0. The molecule has 5 nitrogen and oxygen atoms in total. The van der Waals surface area contributed by atoms with Gasteiger partial charge in [0.1, 0.15) is 18.2 Å². The summed E-state index contributed by atoms with van der Waals surface area (Å²) in [6, 6.07) is 2.04. The molecule has 0 radical (unpaired) electrons. The minimum absolute atomic E-state index is 0.479. The molecule has 0 aromatic carbocycles. The van der Waals surface area contributed by atoms with Crippen molar-refractivity contribution in [2.24, 2.45) is 0 Å². The first-order chi connectivity index (χ1) is 9.83. The Labute approximate surface area is 121 Å². The first-order valence-corrected chi connectivity index (χ1v) is 7.72. The van der Waals surface area contributed by atoms with Gasteiger partial charge in [-0.2, -0.15) is 0 Å². The maximum atomic E-state index is 5.43. The topological polar surface area (TPSA) is 50.3 Å². The van der Waals surface area contributed by atoms with Crippen LogP contribution in [-0.4, -0.2) is 36.7 Å². The fourth-order valence-electron chi connectivity index (χ4n) is 2.51. The largest absolute Gasteiger partial charge is 0.374 e. The highest BCUT2D eigenvalue weighted by Gasteiger charge is 2.13. The van der Waals surface area contributed by atoms with Crippen molar-refractivity contribution in [3.8, 4) is 0 Å². The fraction of sp³-hybridized carbons (Fsp3) is 0.733. The van der Waals surface area contributed by atoms with Crippen LogP contribution >= 0.6 is 0 Å². The molecular formula is C15H26N4O. The molecule has 0 bridgehead atoms. The molecular weight excluding hydrogens is 252 g/mol. The third-order valence-corrected chi connectivity index (χ3v) is 3.63. The van der Waals surface area contributed by atoms with E-state index in [0.717, 1.165) is 30.5 Å². The number of nitrogens with zero attached hydrogens (tertiary/aromatic N) is 3. The van der Waals surface area contributed by atoms with Gasteiger partial charge in [-0.05, 0) is 19.8 Å². The third kappa shape index (κ3) is 4.34. The molecule has 0 saturated carbocycles. The Kier molecular flexibility index (Phi) is 6.05. The lowest BCUT2D eigenvalue weighted by molar-refractivity contribution is 0.128. The molecule has 2 rings (SSSR count). The third-order valence-electron chi connectivity index (χ3n) is 3.63. The lowest BCUT2D eigenvalue weighted by atomic mass is 10.1. The van der Waals surface area contributed by atoms with Crippen LogP contribution in [-0.2, 0) is 11.3 Å². The van der Waals surface area contributed by atoms with E-state index < -0.39 is 0 Å². The van der Waals surface area contributed by atoms with Crippen molar-refractivity contribution in [3.63, 3.8) is 0 Å². The summed E-state index contributed by atoms with van der Waals surface area (Å²) in [6.45, 7) is 5.34. The van der Waals surface area contributed by atoms with Gasteiger partial charge in [0.05, 0.1) is 0 Å². The Morgan fingerprint density at radius 3 is 2.50 bits per heavy atom. The molecule has 1 N–H and O–H groups in total. The molecule has 0 aliphatic carbocycles. The summed E-state index contributed by atoms with van der Waals surface area (Å²) in [5.74, 6) is 2.66. The predicted octanol–water partition coefficient (Wildman–Crippen LogP) is 2.83. The van der Waals surface area contributed by atoms with E-state index in [2.05, 4.69) is 20.2 Å². The second-order valence-electron chi connectivity index (χ2n) is 5.17. The Hall–Kier alpha value is -1.36. The van der Waals surface area contributed by atoms with Crippen LogP contribution in [0.15, 0.2) is 6.07 Å².